The summed E-state index contributed by atoms with van der Waals surface area (Å²) in [4.78, 5) is 26.9. The molecule has 1 atom stereocenters. The largest absolute Gasteiger partial charge is 0.494 e. The van der Waals surface area contributed by atoms with Crippen molar-refractivity contribution in [3.05, 3.63) is 65.5 Å². The van der Waals surface area contributed by atoms with Crippen LogP contribution < -0.4 is 10.1 Å². The van der Waals surface area contributed by atoms with Crippen LogP contribution in [0, 0.1) is 5.82 Å². The van der Waals surface area contributed by atoms with Crippen LogP contribution in [-0.4, -0.2) is 30.0 Å². The first-order valence-corrected chi connectivity index (χ1v) is 9.21. The van der Waals surface area contributed by atoms with E-state index >= 15 is 0 Å². The Kier molecular flexibility index (Phi) is 4.56. The maximum atomic E-state index is 13.1. The van der Waals surface area contributed by atoms with E-state index in [1.54, 1.807) is 12.1 Å². The number of rotatable bonds is 5. The summed E-state index contributed by atoms with van der Waals surface area (Å²) in [7, 11) is 0. The van der Waals surface area contributed by atoms with Crippen LogP contribution in [0.4, 0.5) is 9.18 Å². The Morgan fingerprint density at radius 1 is 1.11 bits per heavy atom. The molecule has 1 heterocycles. The molecule has 1 N–H and O–H groups in total. The molecule has 140 valence electrons. The van der Waals surface area contributed by atoms with Gasteiger partial charge in [-0.3, -0.25) is 9.69 Å². The Bertz CT molecular complexity index is 868. The lowest BCUT2D eigenvalue weighted by Crippen LogP contribution is -2.46. The number of carbonyl (C=O) groups is 2. The summed E-state index contributed by atoms with van der Waals surface area (Å²) in [6.07, 6.45) is 2.92. The lowest BCUT2D eigenvalue weighted by atomic mass is 9.76. The summed E-state index contributed by atoms with van der Waals surface area (Å²) in [5.74, 6) is 0.0625. The van der Waals surface area contributed by atoms with E-state index in [4.69, 9.17) is 4.74 Å². The van der Waals surface area contributed by atoms with E-state index in [1.807, 2.05) is 24.3 Å². The molecule has 2 aromatic rings. The average molecular weight is 368 g/mol. The second-order valence-electron chi connectivity index (χ2n) is 6.96. The van der Waals surface area contributed by atoms with Gasteiger partial charge < -0.3 is 10.1 Å². The van der Waals surface area contributed by atoms with Crippen LogP contribution in [0.1, 0.15) is 30.4 Å². The monoisotopic (exact) mass is 368 g/mol. The number of fused-ring (bicyclic) bond motifs is 2. The van der Waals surface area contributed by atoms with Crippen LogP contribution in [0.15, 0.2) is 48.5 Å². The number of ether oxygens (including phenoxy) is 1. The number of nitrogens with one attached hydrogen (secondary N) is 1. The number of urea groups is 1. The van der Waals surface area contributed by atoms with E-state index in [-0.39, 0.29) is 24.3 Å². The van der Waals surface area contributed by atoms with Crippen LogP contribution in [0.25, 0.3) is 0 Å². The number of hydrogen-bond acceptors (Lipinski definition) is 3. The smallest absolute Gasteiger partial charge is 0.325 e. The molecular weight excluding hydrogens is 347 g/mol. The molecule has 0 aromatic heterocycles. The third kappa shape index (κ3) is 3.16. The quantitative estimate of drug-likeness (QED) is 0.650. The lowest BCUT2D eigenvalue weighted by molar-refractivity contribution is -0.132. The molecule has 5 nitrogen and oxygen atoms in total. The predicted molar refractivity (Wildman–Crippen MR) is 97.8 cm³/mol. The van der Waals surface area contributed by atoms with Crippen LogP contribution >= 0.6 is 0 Å². The third-order valence-corrected chi connectivity index (χ3v) is 5.26. The number of amides is 3. The van der Waals surface area contributed by atoms with E-state index in [9.17, 15) is 14.0 Å². The molecular formula is C21H21FN2O3. The second kappa shape index (κ2) is 7.02. The molecule has 1 saturated heterocycles. The second-order valence-corrected chi connectivity index (χ2v) is 6.96. The molecule has 3 amide bonds. The molecule has 0 radical (unpaired) electrons. The predicted octanol–water partition coefficient (Wildman–Crippen LogP) is 3.38. The highest BCUT2D eigenvalue weighted by Crippen LogP contribution is 2.39. The van der Waals surface area contributed by atoms with E-state index in [1.165, 1.54) is 17.0 Å². The molecule has 27 heavy (non-hydrogen) atoms. The van der Waals surface area contributed by atoms with Gasteiger partial charge in [-0.2, -0.15) is 0 Å². The van der Waals surface area contributed by atoms with Crippen LogP contribution in [0.5, 0.6) is 5.75 Å². The molecule has 0 saturated carbocycles. The maximum absolute atomic E-state index is 13.1. The number of carbonyl (C=O) groups excluding carboxylic acids is 2. The molecule has 1 spiro atoms. The van der Waals surface area contributed by atoms with Gasteiger partial charge in [-0.1, -0.05) is 24.3 Å². The first kappa shape index (κ1) is 17.5. The van der Waals surface area contributed by atoms with Gasteiger partial charge in [-0.25, -0.2) is 9.18 Å². The zero-order valence-electron chi connectivity index (χ0n) is 14.9. The lowest BCUT2D eigenvalue weighted by Gasteiger charge is -2.33. The first-order chi connectivity index (χ1) is 13.1. The summed E-state index contributed by atoms with van der Waals surface area (Å²) in [6.45, 7) is 0.627. The van der Waals surface area contributed by atoms with Crippen molar-refractivity contribution in [2.24, 2.45) is 0 Å². The van der Waals surface area contributed by atoms with Gasteiger partial charge in [0.15, 0.2) is 0 Å². The van der Waals surface area contributed by atoms with Crippen molar-refractivity contribution in [1.82, 2.24) is 10.2 Å². The molecule has 1 fully saturated rings. The maximum Gasteiger partial charge on any atom is 0.325 e. The van der Waals surface area contributed by atoms with Gasteiger partial charge in [0.1, 0.15) is 17.1 Å². The standard InChI is InChI=1S/C21H21FN2O3/c22-16-8-10-17(11-9-16)27-14-4-13-24-19(25)21(23-20(24)26)12-3-6-15-5-1-2-7-18(15)21/h1-2,5,7-11H,3-4,6,12-14H2,(H,23,26). The summed E-state index contributed by atoms with van der Waals surface area (Å²) in [5, 5.41) is 2.95. The molecule has 2 aliphatic rings. The van der Waals surface area contributed by atoms with Gasteiger partial charge in [0.2, 0.25) is 0 Å². The van der Waals surface area contributed by atoms with Gasteiger partial charge in [-0.15, -0.1) is 0 Å². The molecule has 1 aliphatic carbocycles. The van der Waals surface area contributed by atoms with Gasteiger partial charge in [-0.05, 0) is 61.1 Å². The normalized spacial score (nSPS) is 21.3. The Balaban J connectivity index is 1.41. The molecule has 0 bridgehead atoms. The number of halogens is 1. The van der Waals surface area contributed by atoms with Crippen molar-refractivity contribution >= 4 is 11.9 Å². The summed E-state index contributed by atoms with van der Waals surface area (Å²) >= 11 is 0. The number of benzene rings is 2. The van der Waals surface area contributed by atoms with Gasteiger partial charge in [0.25, 0.3) is 5.91 Å². The topological polar surface area (TPSA) is 58.6 Å². The van der Waals surface area contributed by atoms with Crippen LogP contribution in [-0.2, 0) is 16.8 Å². The summed E-state index contributed by atoms with van der Waals surface area (Å²) in [6, 6.07) is 13.2. The highest BCUT2D eigenvalue weighted by atomic mass is 19.1. The van der Waals surface area contributed by atoms with E-state index in [2.05, 4.69) is 5.32 Å². The van der Waals surface area contributed by atoms with E-state index < -0.39 is 5.54 Å². The van der Waals surface area contributed by atoms with E-state index in [0.717, 1.165) is 24.0 Å². The molecule has 6 heteroatoms. The SMILES string of the molecule is O=C1NC2(CCCc3ccccc32)C(=O)N1CCCOc1ccc(F)cc1. The van der Waals surface area contributed by atoms with Crippen molar-refractivity contribution < 1.29 is 18.7 Å². The van der Waals surface area contributed by atoms with Gasteiger partial charge >= 0.3 is 6.03 Å². The van der Waals surface area contributed by atoms with Crippen LogP contribution in [0.3, 0.4) is 0 Å². The third-order valence-electron chi connectivity index (χ3n) is 5.26. The zero-order valence-corrected chi connectivity index (χ0v) is 14.9. The molecule has 1 unspecified atom stereocenters. The Morgan fingerprint density at radius 3 is 2.70 bits per heavy atom. The average Bonchev–Trinajstić information content (AvgIpc) is 2.91. The minimum absolute atomic E-state index is 0.179. The van der Waals surface area contributed by atoms with Gasteiger partial charge in [0, 0.05) is 6.54 Å². The molecule has 4 rings (SSSR count). The fourth-order valence-electron chi connectivity index (χ4n) is 3.96. The molecule has 1 aliphatic heterocycles. The Hall–Kier alpha value is -2.89. The van der Waals surface area contributed by atoms with Crippen molar-refractivity contribution in [2.45, 2.75) is 31.2 Å². The fourth-order valence-corrected chi connectivity index (χ4v) is 3.96. The van der Waals surface area contributed by atoms with Crippen molar-refractivity contribution in [3.63, 3.8) is 0 Å². The Morgan fingerprint density at radius 2 is 1.89 bits per heavy atom. The van der Waals surface area contributed by atoms with E-state index in [0.29, 0.717) is 25.2 Å². The summed E-state index contributed by atoms with van der Waals surface area (Å²) in [5.41, 5.74) is 1.11. The number of nitrogens with zero attached hydrogens (tertiary/aromatic N) is 1. The zero-order chi connectivity index (χ0) is 18.9. The van der Waals surface area contributed by atoms with Crippen molar-refractivity contribution in [1.29, 1.82) is 0 Å². The highest BCUT2D eigenvalue weighted by molar-refractivity contribution is 6.07. The highest BCUT2D eigenvalue weighted by Gasteiger charge is 2.53. The van der Waals surface area contributed by atoms with Crippen molar-refractivity contribution in [2.75, 3.05) is 13.2 Å². The molecule has 2 aromatic carbocycles. The van der Waals surface area contributed by atoms with Gasteiger partial charge in [0.05, 0.1) is 6.61 Å². The minimum atomic E-state index is -0.927. The van der Waals surface area contributed by atoms with Crippen LogP contribution in [0.2, 0.25) is 0 Å². The fraction of sp³-hybridized carbons (Fsp3) is 0.333. The number of aryl methyl sites for hydroxylation is 1. The number of imide groups is 1. The first-order valence-electron chi connectivity index (χ1n) is 9.21. The van der Waals surface area contributed by atoms with Crippen molar-refractivity contribution in [3.8, 4) is 5.75 Å². The summed E-state index contributed by atoms with van der Waals surface area (Å²) < 4.78 is 18.4. The minimum Gasteiger partial charge on any atom is -0.494 e. The Labute approximate surface area is 157 Å². The number of hydrogen-bond donors (Lipinski definition) is 1.